The van der Waals surface area contributed by atoms with Gasteiger partial charge in [0.15, 0.2) is 0 Å². The molecule has 0 aliphatic carbocycles. The molecular formula is C8H19N4O2+. The molecule has 0 aromatic carbocycles. The van der Waals surface area contributed by atoms with Crippen LogP contribution in [-0.4, -0.2) is 48.6 Å². The SMILES string of the molecule is CN(C)[C@@H](CCC[NH+]=C(N)N)C(=O)O. The molecule has 82 valence electrons. The number of nitrogens with two attached hydrogens (primary N) is 2. The van der Waals surface area contributed by atoms with Gasteiger partial charge in [-0.2, -0.15) is 0 Å². The first-order valence-corrected chi connectivity index (χ1v) is 4.46. The lowest BCUT2D eigenvalue weighted by Gasteiger charge is -2.18. The van der Waals surface area contributed by atoms with Crippen molar-refractivity contribution in [3.05, 3.63) is 0 Å². The average molecular weight is 203 g/mol. The Morgan fingerprint density at radius 2 is 2.07 bits per heavy atom. The van der Waals surface area contributed by atoms with Gasteiger partial charge in [0.1, 0.15) is 6.04 Å². The molecule has 0 aliphatic heterocycles. The fourth-order valence-corrected chi connectivity index (χ4v) is 1.13. The zero-order chi connectivity index (χ0) is 11.1. The number of nitrogens with zero attached hydrogens (tertiary/aromatic N) is 1. The minimum atomic E-state index is -0.806. The molecule has 0 unspecified atom stereocenters. The van der Waals surface area contributed by atoms with E-state index in [2.05, 4.69) is 4.99 Å². The third kappa shape index (κ3) is 5.36. The molecule has 0 aromatic heterocycles. The van der Waals surface area contributed by atoms with Crippen molar-refractivity contribution in [3.8, 4) is 0 Å². The summed E-state index contributed by atoms with van der Waals surface area (Å²) in [6.45, 7) is 0.597. The van der Waals surface area contributed by atoms with E-state index in [1.807, 2.05) is 0 Å². The number of hydrogen-bond donors (Lipinski definition) is 4. The molecule has 0 fully saturated rings. The second-order valence-electron chi connectivity index (χ2n) is 3.34. The van der Waals surface area contributed by atoms with Gasteiger partial charge < -0.3 is 5.11 Å². The van der Waals surface area contributed by atoms with E-state index < -0.39 is 12.0 Å². The summed E-state index contributed by atoms with van der Waals surface area (Å²) in [4.78, 5) is 15.2. The van der Waals surface area contributed by atoms with E-state index in [0.717, 1.165) is 0 Å². The van der Waals surface area contributed by atoms with Gasteiger partial charge in [0.05, 0.1) is 6.54 Å². The molecule has 0 aromatic rings. The minimum Gasteiger partial charge on any atom is -0.480 e. The van der Waals surface area contributed by atoms with Crippen LogP contribution in [0.25, 0.3) is 0 Å². The van der Waals surface area contributed by atoms with E-state index in [4.69, 9.17) is 16.6 Å². The average Bonchev–Trinajstić information content (AvgIpc) is 2.01. The van der Waals surface area contributed by atoms with Crippen molar-refractivity contribution in [2.24, 2.45) is 11.5 Å². The van der Waals surface area contributed by atoms with Crippen LogP contribution in [-0.2, 0) is 4.79 Å². The largest absolute Gasteiger partial charge is 0.480 e. The van der Waals surface area contributed by atoms with Crippen molar-refractivity contribution >= 4 is 11.9 Å². The lowest BCUT2D eigenvalue weighted by atomic mass is 10.1. The number of carbonyl (C=O) groups is 1. The molecule has 0 saturated heterocycles. The highest BCUT2D eigenvalue weighted by molar-refractivity contribution is 5.73. The number of hydrogen-bond acceptors (Lipinski definition) is 2. The number of carboxylic acid groups (broad SMARTS) is 1. The Morgan fingerprint density at radius 3 is 2.43 bits per heavy atom. The van der Waals surface area contributed by atoms with Crippen molar-refractivity contribution in [1.82, 2.24) is 4.90 Å². The van der Waals surface area contributed by atoms with Gasteiger partial charge in [0.25, 0.3) is 0 Å². The summed E-state index contributed by atoms with van der Waals surface area (Å²) in [6.07, 6.45) is 1.29. The molecule has 0 rings (SSSR count). The monoisotopic (exact) mass is 203 g/mol. The predicted molar refractivity (Wildman–Crippen MR) is 53.6 cm³/mol. The molecule has 1 atom stereocenters. The van der Waals surface area contributed by atoms with Crippen LogP contribution >= 0.6 is 0 Å². The van der Waals surface area contributed by atoms with Crippen LogP contribution in [0.5, 0.6) is 0 Å². The second-order valence-corrected chi connectivity index (χ2v) is 3.34. The van der Waals surface area contributed by atoms with Gasteiger partial charge in [-0.3, -0.25) is 26.2 Å². The Bertz CT molecular complexity index is 211. The molecule has 6 N–H and O–H groups in total. The van der Waals surface area contributed by atoms with Crippen LogP contribution in [0.1, 0.15) is 12.8 Å². The van der Waals surface area contributed by atoms with E-state index >= 15 is 0 Å². The summed E-state index contributed by atoms with van der Waals surface area (Å²) < 4.78 is 0. The highest BCUT2D eigenvalue weighted by atomic mass is 16.4. The highest BCUT2D eigenvalue weighted by Crippen LogP contribution is 2.01. The molecule has 14 heavy (non-hydrogen) atoms. The van der Waals surface area contributed by atoms with Crippen LogP contribution in [0.4, 0.5) is 0 Å². The number of rotatable bonds is 6. The smallest absolute Gasteiger partial charge is 0.338 e. The first-order chi connectivity index (χ1) is 6.45. The Labute approximate surface area is 83.6 Å². The summed E-state index contributed by atoms with van der Waals surface area (Å²) >= 11 is 0. The highest BCUT2D eigenvalue weighted by Gasteiger charge is 2.18. The Morgan fingerprint density at radius 1 is 1.50 bits per heavy atom. The molecular weight excluding hydrogens is 184 g/mol. The maximum absolute atomic E-state index is 10.8. The number of guanidine groups is 1. The lowest BCUT2D eigenvalue weighted by Crippen LogP contribution is -2.78. The zero-order valence-corrected chi connectivity index (χ0v) is 8.66. The van der Waals surface area contributed by atoms with Gasteiger partial charge in [-0.15, -0.1) is 0 Å². The van der Waals surface area contributed by atoms with Gasteiger partial charge in [-0.25, -0.2) is 0 Å². The van der Waals surface area contributed by atoms with Crippen molar-refractivity contribution in [3.63, 3.8) is 0 Å². The number of nitrogens with one attached hydrogen (secondary N) is 1. The topological polar surface area (TPSA) is 107 Å². The quantitative estimate of drug-likeness (QED) is 0.211. The molecule has 6 heteroatoms. The molecule has 0 bridgehead atoms. The predicted octanol–water partition coefficient (Wildman–Crippen LogP) is -2.86. The first kappa shape index (κ1) is 12.7. The Hall–Kier alpha value is -1.30. The van der Waals surface area contributed by atoms with E-state index in [1.165, 1.54) is 0 Å². The second kappa shape index (κ2) is 6.20. The van der Waals surface area contributed by atoms with Crippen LogP contribution in [0.2, 0.25) is 0 Å². The van der Waals surface area contributed by atoms with Gasteiger partial charge in [-0.05, 0) is 26.9 Å². The lowest BCUT2D eigenvalue weighted by molar-refractivity contribution is -0.459. The van der Waals surface area contributed by atoms with Gasteiger partial charge in [-0.1, -0.05) is 0 Å². The zero-order valence-electron chi connectivity index (χ0n) is 8.66. The van der Waals surface area contributed by atoms with E-state index in [-0.39, 0.29) is 5.96 Å². The van der Waals surface area contributed by atoms with Crippen molar-refractivity contribution in [2.75, 3.05) is 20.6 Å². The molecule has 0 aliphatic rings. The normalized spacial score (nSPS) is 12.5. The summed E-state index contributed by atoms with van der Waals surface area (Å²) in [7, 11) is 3.49. The molecule has 0 saturated carbocycles. The Balaban J connectivity index is 3.84. The van der Waals surface area contributed by atoms with Gasteiger partial charge in [0.2, 0.25) is 0 Å². The van der Waals surface area contributed by atoms with Crippen LogP contribution in [0, 0.1) is 0 Å². The molecule has 0 heterocycles. The maximum Gasteiger partial charge on any atom is 0.338 e. The third-order valence-corrected chi connectivity index (χ3v) is 1.89. The van der Waals surface area contributed by atoms with Crippen molar-refractivity contribution in [2.45, 2.75) is 18.9 Å². The summed E-state index contributed by atoms with van der Waals surface area (Å²) in [5.41, 5.74) is 10.4. The van der Waals surface area contributed by atoms with Crippen LogP contribution in [0.3, 0.4) is 0 Å². The maximum atomic E-state index is 10.8. The van der Waals surface area contributed by atoms with Crippen molar-refractivity contribution in [1.29, 1.82) is 0 Å². The third-order valence-electron chi connectivity index (χ3n) is 1.89. The number of likely N-dealkylation sites (N-methyl/N-ethyl adjacent to an activating group) is 1. The van der Waals surface area contributed by atoms with Gasteiger partial charge in [0, 0.05) is 0 Å². The van der Waals surface area contributed by atoms with E-state index in [9.17, 15) is 4.79 Å². The van der Waals surface area contributed by atoms with Crippen molar-refractivity contribution < 1.29 is 14.9 Å². The summed E-state index contributed by atoms with van der Waals surface area (Å²) in [5.74, 6) is -0.638. The van der Waals surface area contributed by atoms with E-state index in [0.29, 0.717) is 19.4 Å². The molecule has 6 nitrogen and oxygen atoms in total. The first-order valence-electron chi connectivity index (χ1n) is 4.46. The Kier molecular flexibility index (Phi) is 5.62. The fraction of sp³-hybridized carbons (Fsp3) is 0.750. The summed E-state index contributed by atoms with van der Waals surface area (Å²) in [6, 6.07) is -0.448. The van der Waals surface area contributed by atoms with Crippen LogP contribution < -0.4 is 16.5 Å². The molecule has 0 radical (unpaired) electrons. The minimum absolute atomic E-state index is 0.168. The standard InChI is InChI=1S/C8H18N4O2/c1-12(2)6(7(13)14)4-3-5-11-8(9)10/h6H,3-5H2,1-2H3,(H,13,14)(H4,9,10,11)/p+1/t6-/m0/s1. The van der Waals surface area contributed by atoms with E-state index in [1.54, 1.807) is 19.0 Å². The van der Waals surface area contributed by atoms with Gasteiger partial charge >= 0.3 is 11.9 Å². The molecule has 0 amide bonds. The van der Waals surface area contributed by atoms with Crippen LogP contribution in [0.15, 0.2) is 0 Å². The summed E-state index contributed by atoms with van der Waals surface area (Å²) in [5, 5.41) is 8.84. The number of aliphatic carboxylic acids is 1. The molecule has 0 spiro atoms. The number of carboxylic acids is 1. The fourth-order valence-electron chi connectivity index (χ4n) is 1.13.